The highest BCUT2D eigenvalue weighted by molar-refractivity contribution is 5.64. The third-order valence-corrected chi connectivity index (χ3v) is 6.98. The van der Waals surface area contributed by atoms with E-state index in [0.717, 1.165) is 25.7 Å². The molecule has 0 bridgehead atoms. The molecule has 0 amide bonds. The molecule has 0 radical (unpaired) electrons. The minimum atomic E-state index is 0.117. The van der Waals surface area contributed by atoms with E-state index in [4.69, 9.17) is 0 Å². The lowest BCUT2D eigenvalue weighted by Gasteiger charge is -2.21. The summed E-state index contributed by atoms with van der Waals surface area (Å²) in [6.45, 7) is 6.35. The van der Waals surface area contributed by atoms with Gasteiger partial charge >= 0.3 is 0 Å². The topological polar surface area (TPSA) is 0 Å². The Morgan fingerprint density at radius 3 is 2.43 bits per heavy atom. The molecular formula is C37H38. The van der Waals surface area contributed by atoms with Crippen LogP contribution in [0.3, 0.4) is 0 Å². The van der Waals surface area contributed by atoms with Crippen molar-refractivity contribution in [3.8, 4) is 11.1 Å². The number of hydrogen-bond acceptors (Lipinski definition) is 0. The highest BCUT2D eigenvalue weighted by Crippen LogP contribution is 2.35. The van der Waals surface area contributed by atoms with Crippen LogP contribution in [0.25, 0.3) is 11.1 Å². The van der Waals surface area contributed by atoms with Crippen molar-refractivity contribution in [2.24, 2.45) is 5.92 Å². The molecule has 0 heterocycles. The minimum absolute atomic E-state index is 0.117. The van der Waals surface area contributed by atoms with Gasteiger partial charge in [-0.2, -0.15) is 0 Å². The summed E-state index contributed by atoms with van der Waals surface area (Å²) in [6.07, 6.45) is 35.5. The van der Waals surface area contributed by atoms with Gasteiger partial charge in [0.15, 0.2) is 0 Å². The van der Waals surface area contributed by atoms with Crippen molar-refractivity contribution in [2.75, 3.05) is 0 Å². The molecule has 186 valence electrons. The van der Waals surface area contributed by atoms with Crippen molar-refractivity contribution in [3.05, 3.63) is 169 Å². The SMILES string of the molecule is C=C/C(=C\C=C\C1C=CC=CC1)C(C(/C=C\CC1=CCCC=C1)=C/C)c1ccc(-c2ccccc2)cc1. The van der Waals surface area contributed by atoms with Gasteiger partial charge in [-0.3, -0.25) is 0 Å². The van der Waals surface area contributed by atoms with Gasteiger partial charge in [-0.05, 0) is 71.9 Å². The Morgan fingerprint density at radius 2 is 1.76 bits per heavy atom. The Labute approximate surface area is 223 Å². The van der Waals surface area contributed by atoms with E-state index in [-0.39, 0.29) is 5.92 Å². The molecule has 0 fully saturated rings. The lowest BCUT2D eigenvalue weighted by molar-refractivity contribution is 0.822. The third-order valence-electron chi connectivity index (χ3n) is 6.98. The molecule has 2 aliphatic rings. The van der Waals surface area contributed by atoms with E-state index in [2.05, 4.69) is 147 Å². The summed E-state index contributed by atoms with van der Waals surface area (Å²) >= 11 is 0. The second-order valence-corrected chi connectivity index (χ2v) is 9.54. The van der Waals surface area contributed by atoms with Crippen LogP contribution in [0, 0.1) is 5.92 Å². The molecule has 0 aliphatic heterocycles. The molecule has 2 aromatic rings. The monoisotopic (exact) mass is 482 g/mol. The normalized spacial score (nSPS) is 18.9. The van der Waals surface area contributed by atoms with Gasteiger partial charge in [0.05, 0.1) is 0 Å². The summed E-state index contributed by atoms with van der Waals surface area (Å²) in [5, 5.41) is 0. The van der Waals surface area contributed by atoms with Gasteiger partial charge in [-0.1, -0.05) is 146 Å². The summed E-state index contributed by atoms with van der Waals surface area (Å²) in [5.41, 5.74) is 7.63. The van der Waals surface area contributed by atoms with Gasteiger partial charge in [0, 0.05) is 5.92 Å². The molecule has 0 N–H and O–H groups in total. The van der Waals surface area contributed by atoms with Crippen LogP contribution >= 0.6 is 0 Å². The fourth-order valence-corrected chi connectivity index (χ4v) is 4.92. The number of benzene rings is 2. The molecule has 0 nitrogen and oxygen atoms in total. The van der Waals surface area contributed by atoms with Gasteiger partial charge in [0.2, 0.25) is 0 Å². The quantitative estimate of drug-likeness (QED) is 0.295. The van der Waals surface area contributed by atoms with Gasteiger partial charge in [0.1, 0.15) is 0 Å². The van der Waals surface area contributed by atoms with Crippen LogP contribution in [-0.2, 0) is 0 Å². The fourth-order valence-electron chi connectivity index (χ4n) is 4.92. The zero-order valence-corrected chi connectivity index (χ0v) is 22.0. The minimum Gasteiger partial charge on any atom is -0.0988 e. The second kappa shape index (κ2) is 14.0. The van der Waals surface area contributed by atoms with Crippen LogP contribution < -0.4 is 0 Å². The van der Waals surface area contributed by atoms with E-state index in [1.54, 1.807) is 0 Å². The van der Waals surface area contributed by atoms with Gasteiger partial charge < -0.3 is 0 Å². The third kappa shape index (κ3) is 7.54. The summed E-state index contributed by atoms with van der Waals surface area (Å²) < 4.78 is 0. The van der Waals surface area contributed by atoms with Crippen molar-refractivity contribution in [2.45, 2.75) is 38.5 Å². The zero-order chi connectivity index (χ0) is 25.7. The maximum Gasteiger partial charge on any atom is 0.0336 e. The van der Waals surface area contributed by atoms with Crippen molar-refractivity contribution in [3.63, 3.8) is 0 Å². The first-order chi connectivity index (χ1) is 18.3. The second-order valence-electron chi connectivity index (χ2n) is 9.54. The Hall–Kier alpha value is -3.90. The summed E-state index contributed by atoms with van der Waals surface area (Å²) in [5.74, 6) is 0.569. The first-order valence-electron chi connectivity index (χ1n) is 13.5. The molecule has 2 unspecified atom stereocenters. The summed E-state index contributed by atoms with van der Waals surface area (Å²) in [7, 11) is 0. The van der Waals surface area contributed by atoms with Crippen LogP contribution in [0.5, 0.6) is 0 Å². The van der Waals surface area contributed by atoms with Crippen LogP contribution in [0.2, 0.25) is 0 Å². The predicted octanol–water partition coefficient (Wildman–Crippen LogP) is 10.4. The number of rotatable bonds is 10. The first kappa shape index (κ1) is 26.2. The molecule has 2 aliphatic carbocycles. The lowest BCUT2D eigenvalue weighted by atomic mass is 9.83. The van der Waals surface area contributed by atoms with E-state index in [0.29, 0.717) is 5.92 Å². The lowest BCUT2D eigenvalue weighted by Crippen LogP contribution is -2.04. The smallest absolute Gasteiger partial charge is 0.0336 e. The van der Waals surface area contributed by atoms with E-state index < -0.39 is 0 Å². The molecule has 0 spiro atoms. The van der Waals surface area contributed by atoms with Crippen LogP contribution in [0.4, 0.5) is 0 Å². The molecule has 0 heteroatoms. The standard InChI is InChI=1S/C37H38/c1-3-32(24-14-20-30-16-8-5-9-17-30)37(33(4-2)25-15-21-31-18-10-6-11-19-31)36-28-26-35(27-29-36)34-22-12-7-13-23-34/h3-5,7-10,12-16,18-20,22-30,37H,1,6,11,17,21H2,2H3/b20-14+,25-15-,32-24+,33-4+. The van der Waals surface area contributed by atoms with Crippen LogP contribution in [0.1, 0.15) is 44.1 Å². The predicted molar refractivity (Wildman–Crippen MR) is 162 cm³/mol. The Morgan fingerprint density at radius 1 is 0.946 bits per heavy atom. The fraction of sp³-hybridized carbons (Fsp3) is 0.189. The van der Waals surface area contributed by atoms with Crippen molar-refractivity contribution >= 4 is 0 Å². The van der Waals surface area contributed by atoms with Crippen molar-refractivity contribution in [1.82, 2.24) is 0 Å². The Balaban J connectivity index is 1.63. The van der Waals surface area contributed by atoms with Gasteiger partial charge in [-0.15, -0.1) is 0 Å². The number of allylic oxidation sites excluding steroid dienone is 17. The number of hydrogen-bond donors (Lipinski definition) is 0. The zero-order valence-electron chi connectivity index (χ0n) is 22.0. The van der Waals surface area contributed by atoms with E-state index >= 15 is 0 Å². The molecule has 4 rings (SSSR count). The van der Waals surface area contributed by atoms with E-state index in [1.807, 2.05) is 6.08 Å². The van der Waals surface area contributed by atoms with Gasteiger partial charge in [0.25, 0.3) is 0 Å². The molecular weight excluding hydrogens is 444 g/mol. The van der Waals surface area contributed by atoms with E-state index in [1.165, 1.54) is 33.4 Å². The maximum atomic E-state index is 4.21. The molecule has 0 saturated carbocycles. The van der Waals surface area contributed by atoms with E-state index in [9.17, 15) is 0 Å². The Bertz CT molecular complexity index is 1270. The molecule has 0 saturated heterocycles. The molecule has 0 aromatic heterocycles. The highest BCUT2D eigenvalue weighted by atomic mass is 14.2. The molecule has 2 aromatic carbocycles. The van der Waals surface area contributed by atoms with Crippen LogP contribution in [0.15, 0.2) is 163 Å². The van der Waals surface area contributed by atoms with Crippen LogP contribution in [-0.4, -0.2) is 0 Å². The average molecular weight is 483 g/mol. The molecule has 37 heavy (non-hydrogen) atoms. The van der Waals surface area contributed by atoms with Crippen molar-refractivity contribution < 1.29 is 0 Å². The highest BCUT2D eigenvalue weighted by Gasteiger charge is 2.18. The first-order valence-corrected chi connectivity index (χ1v) is 13.5. The Kier molecular flexibility index (Phi) is 9.90. The largest absolute Gasteiger partial charge is 0.0988 e. The molecule has 2 atom stereocenters. The van der Waals surface area contributed by atoms with Gasteiger partial charge in [-0.25, -0.2) is 0 Å². The average Bonchev–Trinajstić information content (AvgIpc) is 2.97. The maximum absolute atomic E-state index is 4.21. The summed E-state index contributed by atoms with van der Waals surface area (Å²) in [4.78, 5) is 0. The van der Waals surface area contributed by atoms with Crippen molar-refractivity contribution in [1.29, 1.82) is 0 Å². The summed E-state index contributed by atoms with van der Waals surface area (Å²) in [6, 6.07) is 19.6.